The highest BCUT2D eigenvalue weighted by molar-refractivity contribution is 5.94. The van der Waals surface area contributed by atoms with Crippen LogP contribution in [0, 0.1) is 0 Å². The summed E-state index contributed by atoms with van der Waals surface area (Å²) in [5, 5.41) is 15.0. The summed E-state index contributed by atoms with van der Waals surface area (Å²) < 4.78 is 1.98. The quantitative estimate of drug-likeness (QED) is 0.439. The Balaban J connectivity index is 1.54. The largest absolute Gasteiger partial charge is 0.357 e. The number of nitrogens with one attached hydrogen (secondary N) is 2. The van der Waals surface area contributed by atoms with Gasteiger partial charge in [0.1, 0.15) is 5.82 Å². The molecule has 0 aliphatic heterocycles. The lowest BCUT2D eigenvalue weighted by Crippen LogP contribution is -2.38. The molecule has 0 aliphatic carbocycles. The van der Waals surface area contributed by atoms with Gasteiger partial charge in [-0.15, -0.1) is 10.2 Å². The molecule has 2 heterocycles. The first-order valence-electron chi connectivity index (χ1n) is 10.2. The number of amides is 1. The number of benzene rings is 1. The van der Waals surface area contributed by atoms with E-state index in [1.165, 1.54) is 0 Å². The molecule has 158 valence electrons. The fourth-order valence-electron chi connectivity index (χ4n) is 3.11. The van der Waals surface area contributed by atoms with E-state index in [4.69, 9.17) is 0 Å². The van der Waals surface area contributed by atoms with E-state index in [2.05, 4.69) is 25.8 Å². The highest BCUT2D eigenvalue weighted by Gasteiger charge is 2.08. The Labute approximate surface area is 177 Å². The van der Waals surface area contributed by atoms with Crippen LogP contribution in [0.3, 0.4) is 0 Å². The van der Waals surface area contributed by atoms with Gasteiger partial charge in [0.2, 0.25) is 0 Å². The Morgan fingerprint density at radius 3 is 2.77 bits per heavy atom. The zero-order valence-corrected chi connectivity index (χ0v) is 17.8. The number of aliphatic imine (C=N–C) groups is 1. The zero-order chi connectivity index (χ0) is 21.3. The number of rotatable bonds is 8. The molecular formula is C22H29N7O. The minimum absolute atomic E-state index is 0.0146. The smallest absolute Gasteiger partial charge is 0.253 e. The van der Waals surface area contributed by atoms with Crippen LogP contribution in [0.25, 0.3) is 5.65 Å². The highest BCUT2D eigenvalue weighted by atomic mass is 16.2. The van der Waals surface area contributed by atoms with Gasteiger partial charge in [-0.05, 0) is 43.2 Å². The number of hydrogen-bond acceptors (Lipinski definition) is 4. The summed E-state index contributed by atoms with van der Waals surface area (Å²) in [6, 6.07) is 13.6. The summed E-state index contributed by atoms with van der Waals surface area (Å²) >= 11 is 0. The molecule has 0 unspecified atom stereocenters. The van der Waals surface area contributed by atoms with E-state index in [0.29, 0.717) is 18.5 Å². The van der Waals surface area contributed by atoms with E-state index >= 15 is 0 Å². The van der Waals surface area contributed by atoms with Crippen molar-refractivity contribution in [1.29, 1.82) is 0 Å². The molecule has 3 rings (SSSR count). The first-order valence-corrected chi connectivity index (χ1v) is 10.2. The maximum atomic E-state index is 12.1. The molecular weight excluding hydrogens is 378 g/mol. The first kappa shape index (κ1) is 21.3. The fourth-order valence-corrected chi connectivity index (χ4v) is 3.11. The van der Waals surface area contributed by atoms with Gasteiger partial charge in [0.15, 0.2) is 11.6 Å². The van der Waals surface area contributed by atoms with Crippen LogP contribution in [0.5, 0.6) is 0 Å². The Bertz CT molecular complexity index is 1010. The van der Waals surface area contributed by atoms with Crippen molar-refractivity contribution in [2.45, 2.75) is 19.8 Å². The summed E-state index contributed by atoms with van der Waals surface area (Å²) in [6.45, 7) is 4.16. The molecule has 0 saturated carbocycles. The number of carbonyl (C=O) groups excluding carboxylic acids is 1. The summed E-state index contributed by atoms with van der Waals surface area (Å²) in [5.74, 6) is 1.68. The molecule has 8 heteroatoms. The zero-order valence-electron chi connectivity index (χ0n) is 17.8. The number of fused-ring (bicyclic) bond motifs is 1. The normalized spacial score (nSPS) is 11.5. The Kier molecular flexibility index (Phi) is 7.37. The molecule has 1 amide bonds. The highest BCUT2D eigenvalue weighted by Crippen LogP contribution is 2.08. The van der Waals surface area contributed by atoms with Crippen molar-refractivity contribution in [2.75, 3.05) is 33.7 Å². The molecule has 0 bridgehead atoms. The summed E-state index contributed by atoms with van der Waals surface area (Å²) in [6.07, 6.45) is 3.47. The maximum Gasteiger partial charge on any atom is 0.253 e. The van der Waals surface area contributed by atoms with Crippen LogP contribution in [-0.4, -0.2) is 65.1 Å². The molecule has 0 atom stereocenters. The van der Waals surface area contributed by atoms with Crippen LogP contribution in [-0.2, 0) is 12.8 Å². The van der Waals surface area contributed by atoms with Crippen molar-refractivity contribution in [3.05, 3.63) is 65.6 Å². The van der Waals surface area contributed by atoms with E-state index < -0.39 is 0 Å². The fraction of sp³-hybridized carbons (Fsp3) is 0.364. The number of carbonyl (C=O) groups is 1. The van der Waals surface area contributed by atoms with Crippen LogP contribution in [0.4, 0.5) is 0 Å². The summed E-state index contributed by atoms with van der Waals surface area (Å²) in [7, 11) is 3.52. The van der Waals surface area contributed by atoms with Gasteiger partial charge in [0, 0.05) is 51.9 Å². The second-order valence-corrected chi connectivity index (χ2v) is 7.13. The second-order valence-electron chi connectivity index (χ2n) is 7.13. The predicted molar refractivity (Wildman–Crippen MR) is 119 cm³/mol. The Morgan fingerprint density at radius 2 is 1.97 bits per heavy atom. The number of nitrogens with zero attached hydrogens (tertiary/aromatic N) is 5. The number of aromatic nitrogens is 3. The van der Waals surface area contributed by atoms with Crippen LogP contribution >= 0.6 is 0 Å². The van der Waals surface area contributed by atoms with Gasteiger partial charge in [-0.1, -0.05) is 18.2 Å². The minimum atomic E-state index is 0.0146. The molecule has 2 N–H and O–H groups in total. The van der Waals surface area contributed by atoms with Crippen molar-refractivity contribution in [3.8, 4) is 0 Å². The topological polar surface area (TPSA) is 86.9 Å². The Hall–Kier alpha value is -3.42. The lowest BCUT2D eigenvalue weighted by atomic mass is 10.1. The predicted octanol–water partition coefficient (Wildman–Crippen LogP) is 1.77. The maximum absolute atomic E-state index is 12.1. The Morgan fingerprint density at radius 1 is 1.10 bits per heavy atom. The molecule has 30 heavy (non-hydrogen) atoms. The molecule has 0 fully saturated rings. The second kappa shape index (κ2) is 10.4. The molecule has 1 aromatic carbocycles. The van der Waals surface area contributed by atoms with E-state index in [9.17, 15) is 4.79 Å². The van der Waals surface area contributed by atoms with Crippen LogP contribution < -0.4 is 10.6 Å². The standard InChI is InChI=1S/C22H29N7O/c1-4-23-22(25-14-12-20-27-26-19-10-5-6-15-29(19)20)24-13-11-17-8-7-9-18(16-17)21(30)28(2)3/h5-10,15-16H,4,11-14H2,1-3H3,(H2,23,24,25). The van der Waals surface area contributed by atoms with Crippen LogP contribution in [0.15, 0.2) is 53.7 Å². The van der Waals surface area contributed by atoms with Gasteiger partial charge in [-0.3, -0.25) is 14.2 Å². The minimum Gasteiger partial charge on any atom is -0.357 e. The molecule has 2 aromatic heterocycles. The van der Waals surface area contributed by atoms with E-state index in [-0.39, 0.29) is 5.91 Å². The molecule has 8 nitrogen and oxygen atoms in total. The first-order chi connectivity index (χ1) is 14.6. The molecule has 3 aromatic rings. The van der Waals surface area contributed by atoms with Gasteiger partial charge >= 0.3 is 0 Å². The monoisotopic (exact) mass is 407 g/mol. The third-order valence-corrected chi connectivity index (χ3v) is 4.62. The van der Waals surface area contributed by atoms with Crippen molar-refractivity contribution in [2.24, 2.45) is 4.99 Å². The van der Waals surface area contributed by atoms with Gasteiger partial charge in [-0.2, -0.15) is 0 Å². The van der Waals surface area contributed by atoms with Gasteiger partial charge < -0.3 is 15.5 Å². The lowest BCUT2D eigenvalue weighted by Gasteiger charge is -2.13. The van der Waals surface area contributed by atoms with Crippen LogP contribution in [0.1, 0.15) is 28.7 Å². The average Bonchev–Trinajstić information content (AvgIpc) is 3.16. The summed E-state index contributed by atoms with van der Waals surface area (Å²) in [5.41, 5.74) is 2.66. The molecule has 0 saturated heterocycles. The molecule has 0 aliphatic rings. The molecule has 0 radical (unpaired) electrons. The van der Waals surface area contributed by atoms with Crippen molar-refractivity contribution in [3.63, 3.8) is 0 Å². The van der Waals surface area contributed by atoms with Gasteiger partial charge in [0.25, 0.3) is 5.91 Å². The number of pyridine rings is 1. The van der Waals surface area contributed by atoms with Crippen molar-refractivity contribution >= 4 is 17.5 Å². The van der Waals surface area contributed by atoms with E-state index in [0.717, 1.165) is 42.5 Å². The van der Waals surface area contributed by atoms with Gasteiger partial charge in [-0.25, -0.2) is 0 Å². The molecule has 0 spiro atoms. The van der Waals surface area contributed by atoms with Crippen molar-refractivity contribution in [1.82, 2.24) is 30.1 Å². The summed E-state index contributed by atoms with van der Waals surface area (Å²) in [4.78, 5) is 18.4. The van der Waals surface area contributed by atoms with Crippen LogP contribution in [0.2, 0.25) is 0 Å². The SMILES string of the molecule is CCNC(=NCCc1nnc2ccccn12)NCCc1cccc(C(=O)N(C)C)c1. The average molecular weight is 408 g/mol. The third-order valence-electron chi connectivity index (χ3n) is 4.62. The van der Waals surface area contributed by atoms with Crippen molar-refractivity contribution < 1.29 is 4.79 Å². The lowest BCUT2D eigenvalue weighted by molar-refractivity contribution is 0.0827. The van der Waals surface area contributed by atoms with E-state index in [1.807, 2.05) is 60.0 Å². The number of hydrogen-bond donors (Lipinski definition) is 2. The third kappa shape index (κ3) is 5.56. The number of guanidine groups is 1. The van der Waals surface area contributed by atoms with E-state index in [1.54, 1.807) is 19.0 Å². The van der Waals surface area contributed by atoms with Gasteiger partial charge in [0.05, 0.1) is 0 Å².